The molecule has 4 heteroatoms. The van der Waals surface area contributed by atoms with Crippen molar-refractivity contribution >= 4 is 5.97 Å². The maximum Gasteiger partial charge on any atom is 0.306 e. The average molecular weight is 158 g/mol. The molecule has 2 rings (SSSR count). The zero-order valence-corrected chi connectivity index (χ0v) is 6.03. The molecule has 2 aliphatic heterocycles. The summed E-state index contributed by atoms with van der Waals surface area (Å²) < 4.78 is 10.1. The first-order valence-electron chi connectivity index (χ1n) is 3.73. The van der Waals surface area contributed by atoms with Gasteiger partial charge in [0.15, 0.2) is 0 Å². The van der Waals surface area contributed by atoms with Crippen LogP contribution in [-0.4, -0.2) is 36.5 Å². The van der Waals surface area contributed by atoms with Gasteiger partial charge < -0.3 is 14.6 Å². The van der Waals surface area contributed by atoms with Crippen molar-refractivity contribution in [2.24, 2.45) is 5.92 Å². The Morgan fingerprint density at radius 1 is 1.64 bits per heavy atom. The fourth-order valence-electron chi connectivity index (χ4n) is 1.69. The van der Waals surface area contributed by atoms with E-state index in [1.165, 1.54) is 0 Å². The van der Waals surface area contributed by atoms with Gasteiger partial charge in [0.2, 0.25) is 0 Å². The Morgan fingerprint density at radius 3 is 3.18 bits per heavy atom. The third-order valence-electron chi connectivity index (χ3n) is 2.29. The first-order chi connectivity index (χ1) is 5.31. The van der Waals surface area contributed by atoms with Crippen molar-refractivity contribution in [1.29, 1.82) is 0 Å². The van der Waals surface area contributed by atoms with Gasteiger partial charge in [-0.15, -0.1) is 0 Å². The topological polar surface area (TPSA) is 55.8 Å². The molecule has 2 heterocycles. The zero-order valence-electron chi connectivity index (χ0n) is 6.03. The van der Waals surface area contributed by atoms with Crippen LogP contribution in [0, 0.1) is 5.92 Å². The van der Waals surface area contributed by atoms with Crippen LogP contribution < -0.4 is 0 Å². The standard InChI is InChI=1S/C7H10O4/c8-2-5-4-1-7(9)11-6(4)3-10-5/h4-6,8H,1-3H2/t4?,5?,6-/m0/s1. The number of fused-ring (bicyclic) bond motifs is 1. The second-order valence-corrected chi connectivity index (χ2v) is 2.95. The van der Waals surface area contributed by atoms with Crippen molar-refractivity contribution in [2.45, 2.75) is 18.6 Å². The Morgan fingerprint density at radius 2 is 2.45 bits per heavy atom. The molecular formula is C7H10O4. The maximum atomic E-state index is 10.8. The summed E-state index contributed by atoms with van der Waals surface area (Å²) in [7, 11) is 0. The fraction of sp³-hybridized carbons (Fsp3) is 0.857. The smallest absolute Gasteiger partial charge is 0.306 e. The summed E-state index contributed by atoms with van der Waals surface area (Å²) in [5.74, 6) is -0.0748. The number of ether oxygens (including phenoxy) is 2. The highest BCUT2D eigenvalue weighted by atomic mass is 16.6. The molecule has 0 amide bonds. The number of carbonyl (C=O) groups is 1. The quantitative estimate of drug-likeness (QED) is 0.513. The van der Waals surface area contributed by atoms with Crippen LogP contribution in [0.15, 0.2) is 0 Å². The number of carbonyl (C=O) groups excluding carboxylic acids is 1. The Balaban J connectivity index is 2.07. The van der Waals surface area contributed by atoms with Crippen LogP contribution in [0.25, 0.3) is 0 Å². The molecule has 2 fully saturated rings. The molecule has 1 N–H and O–H groups in total. The highest BCUT2D eigenvalue weighted by Crippen LogP contribution is 2.32. The summed E-state index contributed by atoms with van der Waals surface area (Å²) in [5.41, 5.74) is 0. The second-order valence-electron chi connectivity index (χ2n) is 2.95. The van der Waals surface area contributed by atoms with E-state index >= 15 is 0 Å². The van der Waals surface area contributed by atoms with E-state index in [-0.39, 0.29) is 30.7 Å². The molecule has 11 heavy (non-hydrogen) atoms. The van der Waals surface area contributed by atoms with Crippen LogP contribution in [0.3, 0.4) is 0 Å². The van der Waals surface area contributed by atoms with Crippen LogP contribution in [-0.2, 0) is 14.3 Å². The molecule has 0 aliphatic carbocycles. The average Bonchev–Trinajstić information content (AvgIpc) is 2.45. The number of aliphatic hydroxyl groups excluding tert-OH is 1. The first kappa shape index (κ1) is 7.06. The first-order valence-corrected chi connectivity index (χ1v) is 3.73. The molecule has 0 saturated carbocycles. The van der Waals surface area contributed by atoms with Crippen LogP contribution in [0.2, 0.25) is 0 Å². The molecule has 0 aromatic rings. The lowest BCUT2D eigenvalue weighted by Crippen LogP contribution is -2.22. The van der Waals surface area contributed by atoms with Crippen molar-refractivity contribution < 1.29 is 19.4 Å². The number of rotatable bonds is 1. The van der Waals surface area contributed by atoms with E-state index in [2.05, 4.69) is 0 Å². The third-order valence-corrected chi connectivity index (χ3v) is 2.29. The van der Waals surface area contributed by atoms with E-state index in [9.17, 15) is 4.79 Å². The van der Waals surface area contributed by atoms with E-state index in [0.717, 1.165) is 0 Å². The molecular weight excluding hydrogens is 148 g/mol. The van der Waals surface area contributed by atoms with Crippen LogP contribution >= 0.6 is 0 Å². The second kappa shape index (κ2) is 2.46. The van der Waals surface area contributed by atoms with Gasteiger partial charge in [-0.25, -0.2) is 0 Å². The van der Waals surface area contributed by atoms with Crippen molar-refractivity contribution in [3.05, 3.63) is 0 Å². The van der Waals surface area contributed by atoms with Gasteiger partial charge in [0.25, 0.3) is 0 Å². The predicted octanol–water partition coefficient (Wildman–Crippen LogP) is -0.691. The van der Waals surface area contributed by atoms with Gasteiger partial charge in [-0.1, -0.05) is 0 Å². The normalized spacial score (nSPS) is 42.3. The minimum Gasteiger partial charge on any atom is -0.459 e. The minimum absolute atomic E-state index is 0.0161. The van der Waals surface area contributed by atoms with E-state index in [0.29, 0.717) is 13.0 Å². The maximum absolute atomic E-state index is 10.8. The largest absolute Gasteiger partial charge is 0.459 e. The van der Waals surface area contributed by atoms with Gasteiger partial charge in [-0.05, 0) is 0 Å². The third kappa shape index (κ3) is 1.02. The lowest BCUT2D eigenvalue weighted by molar-refractivity contribution is -0.142. The summed E-state index contributed by atoms with van der Waals surface area (Å²) in [6.45, 7) is 0.430. The minimum atomic E-state index is -0.188. The Labute approximate surface area is 64.1 Å². The van der Waals surface area contributed by atoms with Gasteiger partial charge in [0, 0.05) is 5.92 Å². The molecule has 0 bridgehead atoms. The number of esters is 1. The van der Waals surface area contributed by atoms with Crippen molar-refractivity contribution in [3.8, 4) is 0 Å². The van der Waals surface area contributed by atoms with E-state index in [1.807, 2.05) is 0 Å². The molecule has 2 unspecified atom stereocenters. The SMILES string of the molecule is O=C1CC2C(CO)OC[C@@H]2O1. The molecule has 0 aromatic carbocycles. The van der Waals surface area contributed by atoms with Gasteiger partial charge in [0.1, 0.15) is 6.10 Å². The van der Waals surface area contributed by atoms with E-state index < -0.39 is 0 Å². The highest BCUT2D eigenvalue weighted by Gasteiger charge is 2.45. The molecule has 4 nitrogen and oxygen atoms in total. The number of aliphatic hydroxyl groups is 1. The Hall–Kier alpha value is -0.610. The zero-order chi connectivity index (χ0) is 7.84. The summed E-state index contributed by atoms with van der Waals surface area (Å²) in [6, 6.07) is 0. The highest BCUT2D eigenvalue weighted by molar-refractivity contribution is 5.72. The molecule has 0 spiro atoms. The van der Waals surface area contributed by atoms with Gasteiger partial charge in [0.05, 0.1) is 25.7 Å². The monoisotopic (exact) mass is 158 g/mol. The summed E-state index contributed by atoms with van der Waals surface area (Å²) in [5, 5.41) is 8.81. The summed E-state index contributed by atoms with van der Waals surface area (Å²) >= 11 is 0. The Kier molecular flexibility index (Phi) is 1.58. The van der Waals surface area contributed by atoms with Crippen LogP contribution in [0.4, 0.5) is 0 Å². The summed E-state index contributed by atoms with van der Waals surface area (Å²) in [4.78, 5) is 10.8. The Bertz CT molecular complexity index is 179. The van der Waals surface area contributed by atoms with Crippen molar-refractivity contribution in [2.75, 3.05) is 13.2 Å². The molecule has 0 radical (unpaired) electrons. The van der Waals surface area contributed by atoms with E-state index in [1.54, 1.807) is 0 Å². The number of hydrogen-bond acceptors (Lipinski definition) is 4. The van der Waals surface area contributed by atoms with Gasteiger partial charge in [-0.2, -0.15) is 0 Å². The van der Waals surface area contributed by atoms with Gasteiger partial charge in [-0.3, -0.25) is 4.79 Å². The lowest BCUT2D eigenvalue weighted by Gasteiger charge is -2.09. The molecule has 3 atom stereocenters. The molecule has 2 saturated heterocycles. The lowest BCUT2D eigenvalue weighted by atomic mass is 9.98. The van der Waals surface area contributed by atoms with Crippen molar-refractivity contribution in [1.82, 2.24) is 0 Å². The number of hydrogen-bond donors (Lipinski definition) is 1. The van der Waals surface area contributed by atoms with Crippen molar-refractivity contribution in [3.63, 3.8) is 0 Å². The predicted molar refractivity (Wildman–Crippen MR) is 34.8 cm³/mol. The van der Waals surface area contributed by atoms with E-state index in [4.69, 9.17) is 14.6 Å². The van der Waals surface area contributed by atoms with Gasteiger partial charge >= 0.3 is 5.97 Å². The fourth-order valence-corrected chi connectivity index (χ4v) is 1.69. The summed E-state index contributed by atoms with van der Waals surface area (Å²) in [6.07, 6.45) is 0.113. The van der Waals surface area contributed by atoms with Crippen LogP contribution in [0.5, 0.6) is 0 Å². The molecule has 2 aliphatic rings. The molecule has 0 aromatic heterocycles. The molecule has 62 valence electrons. The van der Waals surface area contributed by atoms with Crippen LogP contribution in [0.1, 0.15) is 6.42 Å².